The van der Waals surface area contributed by atoms with Crippen LogP contribution in [0.25, 0.3) is 20.2 Å². The van der Waals surface area contributed by atoms with Crippen molar-refractivity contribution in [2.75, 3.05) is 0 Å². The van der Waals surface area contributed by atoms with Gasteiger partial charge in [-0.25, -0.2) is 0 Å². The number of fused-ring (bicyclic) bond motifs is 3. The van der Waals surface area contributed by atoms with Crippen molar-refractivity contribution >= 4 is 58.8 Å². The van der Waals surface area contributed by atoms with Gasteiger partial charge in [-0.15, -0.1) is 11.3 Å². The molecule has 4 rings (SSSR count). The van der Waals surface area contributed by atoms with Crippen molar-refractivity contribution in [1.29, 1.82) is 0 Å². The summed E-state index contributed by atoms with van der Waals surface area (Å²) >= 11 is 7.07. The molecule has 0 unspecified atom stereocenters. The topological polar surface area (TPSA) is 0 Å². The average Bonchev–Trinajstić information content (AvgIpc) is 3.09. The third-order valence-electron chi connectivity index (χ3n) is 2.76. The van der Waals surface area contributed by atoms with Crippen LogP contribution in [0.1, 0.15) is 0 Å². The van der Waals surface area contributed by atoms with E-state index in [1.807, 2.05) is 34.2 Å². The maximum atomic E-state index is 3.51. The largest absolute Gasteiger partial charge is 0.152 e. The number of hydrogen-bond donors (Lipinski definition) is 0. The fourth-order valence-electron chi connectivity index (χ4n) is 1.93. The van der Waals surface area contributed by atoms with Crippen LogP contribution in [-0.2, 0) is 0 Å². The van der Waals surface area contributed by atoms with Crippen LogP contribution in [0.4, 0.5) is 0 Å². The van der Waals surface area contributed by atoms with E-state index < -0.39 is 0 Å². The Labute approximate surface area is 128 Å². The summed E-state index contributed by atoms with van der Waals surface area (Å²) in [7, 11) is 0. The first-order chi connectivity index (χ1) is 9.34. The molecule has 0 amide bonds. The number of thiophene rings is 2. The number of benzene rings is 2. The summed E-state index contributed by atoms with van der Waals surface area (Å²) < 4.78 is 3.86. The lowest BCUT2D eigenvalue weighted by Crippen LogP contribution is -1.65. The lowest BCUT2D eigenvalue weighted by molar-refractivity contribution is 1.77. The highest BCUT2D eigenvalue weighted by molar-refractivity contribution is 9.10. The van der Waals surface area contributed by atoms with E-state index in [-0.39, 0.29) is 0 Å². The first kappa shape index (κ1) is 12.9. The molecule has 0 nitrogen and oxygen atoms in total. The fourth-order valence-corrected chi connectivity index (χ4v) is 3.83. The monoisotopic (exact) mass is 346 g/mol. The molecule has 0 spiro atoms. The van der Waals surface area contributed by atoms with Gasteiger partial charge in [0.15, 0.2) is 0 Å². The summed E-state index contributed by atoms with van der Waals surface area (Å²) in [6.45, 7) is 0. The molecule has 0 N–H and O–H groups in total. The van der Waals surface area contributed by atoms with Crippen LogP contribution < -0.4 is 0 Å². The van der Waals surface area contributed by atoms with Crippen molar-refractivity contribution in [1.82, 2.24) is 0 Å². The van der Waals surface area contributed by atoms with Crippen molar-refractivity contribution in [2.24, 2.45) is 0 Å². The molecular formula is C16H11BrS2. The van der Waals surface area contributed by atoms with Gasteiger partial charge in [-0.3, -0.25) is 0 Å². The Morgan fingerprint density at radius 1 is 0.737 bits per heavy atom. The van der Waals surface area contributed by atoms with Gasteiger partial charge in [-0.05, 0) is 35.0 Å². The van der Waals surface area contributed by atoms with E-state index in [0.29, 0.717) is 0 Å². The van der Waals surface area contributed by atoms with Gasteiger partial charge >= 0.3 is 0 Å². The van der Waals surface area contributed by atoms with Gasteiger partial charge in [0, 0.05) is 24.6 Å². The lowest BCUT2D eigenvalue weighted by Gasteiger charge is -1.91. The summed E-state index contributed by atoms with van der Waals surface area (Å²) in [5, 5.41) is 6.79. The van der Waals surface area contributed by atoms with Crippen molar-refractivity contribution in [3.05, 3.63) is 69.8 Å². The molecule has 0 saturated carbocycles. The molecule has 19 heavy (non-hydrogen) atoms. The van der Waals surface area contributed by atoms with E-state index in [0.717, 1.165) is 4.47 Å². The van der Waals surface area contributed by atoms with Gasteiger partial charge in [0.25, 0.3) is 0 Å². The van der Waals surface area contributed by atoms with Crippen molar-refractivity contribution in [2.45, 2.75) is 0 Å². The minimum absolute atomic E-state index is 1.15. The Kier molecular flexibility index (Phi) is 3.97. The molecule has 0 aliphatic carbocycles. The molecule has 0 atom stereocenters. The Morgan fingerprint density at radius 2 is 1.47 bits per heavy atom. The normalized spacial score (nSPS) is 10.4. The molecule has 0 bridgehead atoms. The predicted molar refractivity (Wildman–Crippen MR) is 91.4 cm³/mol. The number of rotatable bonds is 0. The molecule has 2 aromatic carbocycles. The summed E-state index contributed by atoms with van der Waals surface area (Å²) in [6, 6.07) is 19.0. The molecule has 94 valence electrons. The molecule has 0 fully saturated rings. The Morgan fingerprint density at radius 3 is 2.21 bits per heavy atom. The highest BCUT2D eigenvalue weighted by atomic mass is 79.9. The second-order valence-corrected chi connectivity index (χ2v) is 6.85. The van der Waals surface area contributed by atoms with Gasteiger partial charge in [-0.1, -0.05) is 46.3 Å². The van der Waals surface area contributed by atoms with Crippen LogP contribution >= 0.6 is 38.6 Å². The first-order valence-electron chi connectivity index (χ1n) is 5.88. The molecular weight excluding hydrogens is 336 g/mol. The van der Waals surface area contributed by atoms with Crippen LogP contribution in [0.3, 0.4) is 0 Å². The molecule has 0 saturated heterocycles. The van der Waals surface area contributed by atoms with Gasteiger partial charge in [0.05, 0.1) is 0 Å². The van der Waals surface area contributed by atoms with Crippen molar-refractivity contribution < 1.29 is 0 Å². The minimum Gasteiger partial charge on any atom is -0.152 e. The summed E-state index contributed by atoms with van der Waals surface area (Å²) in [5.74, 6) is 0. The van der Waals surface area contributed by atoms with E-state index >= 15 is 0 Å². The van der Waals surface area contributed by atoms with E-state index in [4.69, 9.17) is 0 Å². The number of hydrogen-bond acceptors (Lipinski definition) is 2. The predicted octanol–water partition coefficient (Wildman–Crippen LogP) is 6.57. The molecule has 2 heterocycles. The van der Waals surface area contributed by atoms with E-state index in [9.17, 15) is 0 Å². The van der Waals surface area contributed by atoms with Gasteiger partial charge < -0.3 is 0 Å². The molecule has 3 heteroatoms. The summed E-state index contributed by atoms with van der Waals surface area (Å²) in [5.41, 5.74) is 0. The zero-order valence-electron chi connectivity index (χ0n) is 10.0. The van der Waals surface area contributed by atoms with E-state index in [2.05, 4.69) is 58.4 Å². The highest BCUT2D eigenvalue weighted by Gasteiger charge is 2.03. The maximum absolute atomic E-state index is 3.51. The number of halogens is 1. The maximum Gasteiger partial charge on any atom is 0.0356 e. The summed E-state index contributed by atoms with van der Waals surface area (Å²) in [4.78, 5) is 0. The first-order valence-corrected chi connectivity index (χ1v) is 8.44. The quantitative estimate of drug-likeness (QED) is 0.338. The standard InChI is InChI=1S/C12H7BrS.C4H4S/c13-8-5-6-12-10(7-8)9-3-1-2-4-11(9)14-12;1-2-4-5-3-1/h1-7H;1-4H. The van der Waals surface area contributed by atoms with E-state index in [1.165, 1.54) is 20.2 Å². The minimum atomic E-state index is 1.15. The zero-order valence-corrected chi connectivity index (χ0v) is 13.3. The summed E-state index contributed by atoms with van der Waals surface area (Å²) in [6.07, 6.45) is 0. The molecule has 2 aromatic heterocycles. The van der Waals surface area contributed by atoms with Gasteiger partial charge in [0.2, 0.25) is 0 Å². The van der Waals surface area contributed by atoms with Gasteiger partial charge in [0.1, 0.15) is 0 Å². The van der Waals surface area contributed by atoms with Crippen LogP contribution in [0.5, 0.6) is 0 Å². The zero-order chi connectivity index (χ0) is 13.1. The molecule has 0 aliphatic rings. The smallest absolute Gasteiger partial charge is 0.0356 e. The third-order valence-corrected chi connectivity index (χ3v) is 5.04. The van der Waals surface area contributed by atoms with Gasteiger partial charge in [-0.2, -0.15) is 11.3 Å². The fraction of sp³-hybridized carbons (Fsp3) is 0. The lowest BCUT2D eigenvalue weighted by atomic mass is 10.2. The highest BCUT2D eigenvalue weighted by Crippen LogP contribution is 2.34. The Hall–Kier alpha value is -1.16. The molecule has 0 aliphatic heterocycles. The third kappa shape index (κ3) is 2.89. The second kappa shape index (κ2) is 5.87. The SMILES string of the molecule is Brc1ccc2sc3ccccc3c2c1.c1ccsc1. The van der Waals surface area contributed by atoms with Crippen molar-refractivity contribution in [3.8, 4) is 0 Å². The van der Waals surface area contributed by atoms with Crippen LogP contribution in [0.2, 0.25) is 0 Å². The molecule has 0 radical (unpaired) electrons. The van der Waals surface area contributed by atoms with Crippen molar-refractivity contribution in [3.63, 3.8) is 0 Å². The molecule has 4 aromatic rings. The second-order valence-electron chi connectivity index (χ2n) is 4.03. The van der Waals surface area contributed by atoms with Crippen LogP contribution in [0.15, 0.2) is 69.8 Å². The van der Waals surface area contributed by atoms with Crippen LogP contribution in [0, 0.1) is 0 Å². The van der Waals surface area contributed by atoms with Crippen LogP contribution in [-0.4, -0.2) is 0 Å². The van der Waals surface area contributed by atoms with E-state index in [1.54, 1.807) is 11.3 Å². The Bertz CT molecular complexity index is 768. The Balaban J connectivity index is 0.000000187. The average molecular weight is 347 g/mol.